The number of nitrogens with zero attached hydrogens (tertiary/aromatic N) is 2. The second kappa shape index (κ2) is 5.40. The van der Waals surface area contributed by atoms with Crippen LogP contribution in [0.5, 0.6) is 0 Å². The molecule has 1 fully saturated rings. The Morgan fingerprint density at radius 1 is 1.43 bits per heavy atom. The average Bonchev–Trinajstić information content (AvgIpc) is 2.88. The van der Waals surface area contributed by atoms with Gasteiger partial charge >= 0.3 is 0 Å². The molecule has 0 spiro atoms. The van der Waals surface area contributed by atoms with Crippen molar-refractivity contribution in [1.82, 2.24) is 15.2 Å². The minimum absolute atomic E-state index is 0.00785. The molecular weight excluding hydrogens is 286 g/mol. The molecule has 1 aromatic rings. The molecule has 6 heteroatoms. The van der Waals surface area contributed by atoms with E-state index in [1.807, 2.05) is 19.2 Å². The van der Waals surface area contributed by atoms with Crippen LogP contribution in [-0.4, -0.2) is 33.8 Å². The van der Waals surface area contributed by atoms with Crippen LogP contribution in [0.4, 0.5) is 0 Å². The summed E-state index contributed by atoms with van der Waals surface area (Å²) >= 11 is 1.55. The molecule has 1 unspecified atom stereocenters. The maximum atomic E-state index is 12.2. The fourth-order valence-corrected chi connectivity index (χ4v) is 3.33. The molecule has 0 aliphatic carbocycles. The Kier molecular flexibility index (Phi) is 4.10. The van der Waals surface area contributed by atoms with Gasteiger partial charge in [-0.2, -0.15) is 0 Å². The molecule has 2 heterocycles. The van der Waals surface area contributed by atoms with Gasteiger partial charge in [-0.25, -0.2) is 4.98 Å². The lowest BCUT2D eigenvalue weighted by molar-refractivity contribution is -0.153. The molecule has 0 aromatic carbocycles. The predicted octanol–water partition coefficient (Wildman–Crippen LogP) is 2.07. The van der Waals surface area contributed by atoms with Crippen molar-refractivity contribution < 1.29 is 9.59 Å². The van der Waals surface area contributed by atoms with Crippen LogP contribution in [-0.2, 0) is 21.5 Å². The minimum Gasteiger partial charge on any atom is -0.345 e. The number of piperazine rings is 1. The van der Waals surface area contributed by atoms with Gasteiger partial charge < -0.3 is 10.2 Å². The van der Waals surface area contributed by atoms with Crippen molar-refractivity contribution in [2.24, 2.45) is 0 Å². The van der Waals surface area contributed by atoms with E-state index >= 15 is 0 Å². The maximum absolute atomic E-state index is 12.2. The fraction of sp³-hybridized carbons (Fsp3) is 0.667. The first-order chi connectivity index (χ1) is 9.68. The molecule has 21 heavy (non-hydrogen) atoms. The number of rotatable bonds is 3. The highest BCUT2D eigenvalue weighted by Crippen LogP contribution is 2.28. The fourth-order valence-electron chi connectivity index (χ4n) is 2.32. The van der Waals surface area contributed by atoms with Crippen LogP contribution in [0, 0.1) is 0 Å². The standard InChI is InChI=1S/C15H23N3O2S/c1-6-15(5)13(20)16-7-12(19)18(15)8-11-17-10(9-21-11)14(2,3)4/h9H,6-8H2,1-5H3,(H,16,20). The summed E-state index contributed by atoms with van der Waals surface area (Å²) in [5.74, 6) is -0.136. The van der Waals surface area contributed by atoms with Gasteiger partial charge in [-0.1, -0.05) is 27.7 Å². The molecular formula is C15H23N3O2S. The largest absolute Gasteiger partial charge is 0.345 e. The summed E-state index contributed by atoms with van der Waals surface area (Å²) in [5, 5.41) is 5.58. The summed E-state index contributed by atoms with van der Waals surface area (Å²) < 4.78 is 0. The van der Waals surface area contributed by atoms with E-state index in [9.17, 15) is 9.59 Å². The average molecular weight is 309 g/mol. The Bertz CT molecular complexity index is 562. The van der Waals surface area contributed by atoms with E-state index in [1.54, 1.807) is 16.2 Å². The predicted molar refractivity (Wildman–Crippen MR) is 83.1 cm³/mol. The van der Waals surface area contributed by atoms with Gasteiger partial charge in [0.15, 0.2) is 0 Å². The second-order valence-electron chi connectivity index (χ2n) is 6.67. The summed E-state index contributed by atoms with van der Waals surface area (Å²) in [6.45, 7) is 10.6. The van der Waals surface area contributed by atoms with Crippen molar-refractivity contribution in [3.8, 4) is 0 Å². The number of thiazole rings is 1. The lowest BCUT2D eigenvalue weighted by Crippen LogP contribution is -2.65. The summed E-state index contributed by atoms with van der Waals surface area (Å²) in [7, 11) is 0. The van der Waals surface area contributed by atoms with Crippen molar-refractivity contribution in [3.05, 3.63) is 16.1 Å². The number of carbonyl (C=O) groups is 2. The zero-order valence-corrected chi connectivity index (χ0v) is 14.1. The second-order valence-corrected chi connectivity index (χ2v) is 7.61. The normalized spacial score (nSPS) is 23.4. The van der Waals surface area contributed by atoms with E-state index < -0.39 is 5.54 Å². The van der Waals surface area contributed by atoms with Gasteiger partial charge in [-0.15, -0.1) is 11.3 Å². The lowest BCUT2D eigenvalue weighted by Gasteiger charge is -2.42. The molecule has 1 aliphatic rings. The molecule has 2 rings (SSSR count). The van der Waals surface area contributed by atoms with Crippen molar-refractivity contribution in [3.63, 3.8) is 0 Å². The SMILES string of the molecule is CCC1(C)C(=O)NCC(=O)N1Cc1nc(C(C)(C)C)cs1. The molecule has 1 aliphatic heterocycles. The highest BCUT2D eigenvalue weighted by atomic mass is 32.1. The van der Waals surface area contributed by atoms with Gasteiger partial charge in [-0.05, 0) is 13.3 Å². The number of nitrogens with one attached hydrogen (secondary N) is 1. The summed E-state index contributed by atoms with van der Waals surface area (Å²) in [6.07, 6.45) is 0.585. The zero-order valence-electron chi connectivity index (χ0n) is 13.3. The summed E-state index contributed by atoms with van der Waals surface area (Å²) in [4.78, 5) is 30.6. The quantitative estimate of drug-likeness (QED) is 0.929. The first kappa shape index (κ1) is 15.9. The first-order valence-electron chi connectivity index (χ1n) is 7.22. The van der Waals surface area contributed by atoms with Crippen molar-refractivity contribution >= 4 is 23.2 Å². The molecule has 0 bridgehead atoms. The van der Waals surface area contributed by atoms with Crippen LogP contribution >= 0.6 is 11.3 Å². The third-order valence-electron chi connectivity index (χ3n) is 4.09. The minimum atomic E-state index is -0.789. The van der Waals surface area contributed by atoms with Gasteiger partial charge in [0.1, 0.15) is 10.5 Å². The van der Waals surface area contributed by atoms with Crippen LogP contribution in [0.3, 0.4) is 0 Å². The van der Waals surface area contributed by atoms with Crippen LogP contribution in [0.2, 0.25) is 0 Å². The topological polar surface area (TPSA) is 62.3 Å². The molecule has 0 saturated carbocycles. The van der Waals surface area contributed by atoms with E-state index in [4.69, 9.17) is 0 Å². The molecule has 2 amide bonds. The highest BCUT2D eigenvalue weighted by molar-refractivity contribution is 7.09. The van der Waals surface area contributed by atoms with Crippen LogP contribution in [0.15, 0.2) is 5.38 Å². The molecule has 1 saturated heterocycles. The van der Waals surface area contributed by atoms with Crippen LogP contribution in [0.1, 0.15) is 51.7 Å². The van der Waals surface area contributed by atoms with Gasteiger partial charge in [0.25, 0.3) is 0 Å². The number of hydrogen-bond acceptors (Lipinski definition) is 4. The Labute approximate surface area is 129 Å². The van der Waals surface area contributed by atoms with Crippen LogP contribution < -0.4 is 5.32 Å². The first-order valence-corrected chi connectivity index (χ1v) is 8.10. The zero-order chi connectivity index (χ0) is 15.8. The van der Waals surface area contributed by atoms with E-state index in [2.05, 4.69) is 31.1 Å². The number of carbonyl (C=O) groups excluding carboxylic acids is 2. The van der Waals surface area contributed by atoms with E-state index in [-0.39, 0.29) is 23.8 Å². The van der Waals surface area contributed by atoms with Gasteiger partial charge in [0.05, 0.1) is 18.8 Å². The summed E-state index contributed by atoms with van der Waals surface area (Å²) in [5.41, 5.74) is 0.226. The molecule has 116 valence electrons. The number of hydrogen-bond donors (Lipinski definition) is 1. The Morgan fingerprint density at radius 2 is 2.10 bits per heavy atom. The maximum Gasteiger partial charge on any atom is 0.246 e. The van der Waals surface area contributed by atoms with E-state index in [0.29, 0.717) is 13.0 Å². The van der Waals surface area contributed by atoms with Gasteiger partial charge in [0.2, 0.25) is 11.8 Å². The molecule has 1 N–H and O–H groups in total. The Hall–Kier alpha value is -1.43. The van der Waals surface area contributed by atoms with Crippen LogP contribution in [0.25, 0.3) is 0 Å². The van der Waals surface area contributed by atoms with Crippen molar-refractivity contribution in [2.45, 2.75) is 58.5 Å². The Balaban J connectivity index is 2.25. The van der Waals surface area contributed by atoms with E-state index in [0.717, 1.165) is 10.7 Å². The van der Waals surface area contributed by atoms with Crippen molar-refractivity contribution in [2.75, 3.05) is 6.54 Å². The third-order valence-corrected chi connectivity index (χ3v) is 4.92. The highest BCUT2D eigenvalue weighted by Gasteiger charge is 2.44. The van der Waals surface area contributed by atoms with Crippen molar-refractivity contribution in [1.29, 1.82) is 0 Å². The Morgan fingerprint density at radius 3 is 2.62 bits per heavy atom. The monoisotopic (exact) mass is 309 g/mol. The summed E-state index contributed by atoms with van der Waals surface area (Å²) in [6, 6.07) is 0. The number of amides is 2. The molecule has 5 nitrogen and oxygen atoms in total. The van der Waals surface area contributed by atoms with Gasteiger partial charge in [-0.3, -0.25) is 9.59 Å². The third kappa shape index (κ3) is 2.95. The molecule has 0 radical (unpaired) electrons. The van der Waals surface area contributed by atoms with Gasteiger partial charge in [0, 0.05) is 10.8 Å². The molecule has 1 aromatic heterocycles. The smallest absolute Gasteiger partial charge is 0.246 e. The lowest BCUT2D eigenvalue weighted by atomic mass is 9.92. The molecule has 1 atom stereocenters. The van der Waals surface area contributed by atoms with E-state index in [1.165, 1.54) is 0 Å². The number of aromatic nitrogens is 1.